The minimum absolute atomic E-state index is 0.0101. The summed E-state index contributed by atoms with van der Waals surface area (Å²) in [5.41, 5.74) is 31.7. The lowest BCUT2D eigenvalue weighted by Gasteiger charge is -2.47. The van der Waals surface area contributed by atoms with Crippen LogP contribution in [-0.4, -0.2) is 178 Å². The van der Waals surface area contributed by atoms with Gasteiger partial charge < -0.3 is 98.2 Å². The molecular formula is C32H56N6O13. The number of ether oxygens (including phenoxy) is 6. The fourth-order valence-corrected chi connectivity index (χ4v) is 7.07. The maximum atomic E-state index is 11.3. The highest BCUT2D eigenvalue weighted by Gasteiger charge is 2.54. The quantitative estimate of drug-likeness (QED) is 0.0896. The van der Waals surface area contributed by atoms with Gasteiger partial charge in [0.2, 0.25) is 0 Å². The lowest BCUT2D eigenvalue weighted by molar-refractivity contribution is -0.307. The van der Waals surface area contributed by atoms with Crippen molar-refractivity contribution in [1.29, 1.82) is 0 Å². The molecule has 1 aromatic rings. The van der Waals surface area contributed by atoms with Crippen LogP contribution in [0, 0.1) is 0 Å². The maximum Gasteiger partial charge on any atom is 0.187 e. The summed E-state index contributed by atoms with van der Waals surface area (Å²) in [5.74, 6) is 0. The predicted molar refractivity (Wildman–Crippen MR) is 177 cm³/mol. The number of aliphatic hydroxyl groups excluding tert-OH is 7. The van der Waals surface area contributed by atoms with Crippen LogP contribution < -0.4 is 34.0 Å². The van der Waals surface area contributed by atoms with Crippen molar-refractivity contribution < 1.29 is 64.2 Å². The Morgan fingerprint density at radius 1 is 0.686 bits per heavy atom. The highest BCUT2D eigenvalue weighted by atomic mass is 16.8. The standard InChI is InChI=1S/C32H56N6O13/c1-12(7-13-5-3-2-4-6-13)38-10-17-23(42)25(44)20(37)31(47-17)49-27-15(35)8-14(34)21(40)29(27)51-32-26(45)28(18(11-39)48-32)50-30-19(36)24(43)22(41)16(9-33)46-30/h2-6,12,14-32,38-45H,7-11,33-37H2,1H3/t12?,14-,15+,16?,17-,18-,19-,20-,21+,22-,23-,24-,25-,26-,27-,28-,29-,30-,31-,32+/m1/s1. The molecule has 0 amide bonds. The second-order valence-corrected chi connectivity index (χ2v) is 14.0. The molecule has 18 N–H and O–H groups in total. The van der Waals surface area contributed by atoms with Crippen LogP contribution in [0.25, 0.3) is 0 Å². The number of nitrogens with one attached hydrogen (secondary N) is 1. The maximum absolute atomic E-state index is 11.3. The Morgan fingerprint density at radius 2 is 1.24 bits per heavy atom. The summed E-state index contributed by atoms with van der Waals surface area (Å²) in [6.45, 7) is 1.31. The zero-order chi connectivity index (χ0) is 37.1. The van der Waals surface area contributed by atoms with Crippen molar-refractivity contribution in [2.45, 2.75) is 142 Å². The van der Waals surface area contributed by atoms with E-state index in [0.29, 0.717) is 6.42 Å². The van der Waals surface area contributed by atoms with E-state index in [2.05, 4.69) is 5.32 Å². The number of hydrogen-bond donors (Lipinski definition) is 13. The lowest BCUT2D eigenvalue weighted by atomic mass is 9.84. The van der Waals surface area contributed by atoms with Crippen molar-refractivity contribution in [2.24, 2.45) is 28.7 Å². The van der Waals surface area contributed by atoms with E-state index < -0.39 is 123 Å². The zero-order valence-electron chi connectivity index (χ0n) is 28.4. The smallest absolute Gasteiger partial charge is 0.187 e. The van der Waals surface area contributed by atoms with E-state index in [1.807, 2.05) is 37.3 Å². The van der Waals surface area contributed by atoms with Gasteiger partial charge in [-0.1, -0.05) is 30.3 Å². The average molecular weight is 733 g/mol. The molecule has 19 nitrogen and oxygen atoms in total. The van der Waals surface area contributed by atoms with E-state index in [-0.39, 0.29) is 25.6 Å². The molecule has 51 heavy (non-hydrogen) atoms. The van der Waals surface area contributed by atoms with Crippen molar-refractivity contribution in [3.8, 4) is 0 Å². The third-order valence-corrected chi connectivity index (χ3v) is 10.2. The molecule has 1 aromatic carbocycles. The summed E-state index contributed by atoms with van der Waals surface area (Å²) >= 11 is 0. The second-order valence-electron chi connectivity index (χ2n) is 14.0. The molecule has 0 radical (unpaired) electrons. The molecule has 1 saturated carbocycles. The summed E-state index contributed by atoms with van der Waals surface area (Å²) < 4.78 is 35.6. The third kappa shape index (κ3) is 9.06. The normalized spacial score (nSPS) is 47.0. The Morgan fingerprint density at radius 3 is 1.84 bits per heavy atom. The van der Waals surface area contributed by atoms with Crippen LogP contribution in [-0.2, 0) is 34.8 Å². The molecule has 292 valence electrons. The van der Waals surface area contributed by atoms with E-state index in [1.165, 1.54) is 0 Å². The van der Waals surface area contributed by atoms with Gasteiger partial charge in [-0.15, -0.1) is 0 Å². The van der Waals surface area contributed by atoms with Gasteiger partial charge in [0.15, 0.2) is 18.9 Å². The first-order chi connectivity index (χ1) is 24.2. The highest BCUT2D eigenvalue weighted by Crippen LogP contribution is 2.34. The fourth-order valence-electron chi connectivity index (χ4n) is 7.07. The lowest BCUT2D eigenvalue weighted by Crippen LogP contribution is -2.68. The van der Waals surface area contributed by atoms with Crippen molar-refractivity contribution in [1.82, 2.24) is 5.32 Å². The van der Waals surface area contributed by atoms with Crippen LogP contribution in [0.4, 0.5) is 0 Å². The van der Waals surface area contributed by atoms with E-state index in [0.717, 1.165) is 5.56 Å². The number of hydrogen-bond acceptors (Lipinski definition) is 19. The van der Waals surface area contributed by atoms with Crippen molar-refractivity contribution in [2.75, 3.05) is 19.7 Å². The van der Waals surface area contributed by atoms with Gasteiger partial charge in [0.05, 0.1) is 24.8 Å². The molecule has 3 aliphatic heterocycles. The molecule has 2 unspecified atom stereocenters. The van der Waals surface area contributed by atoms with Crippen LogP contribution >= 0.6 is 0 Å². The van der Waals surface area contributed by atoms with Crippen LogP contribution in [0.1, 0.15) is 18.9 Å². The molecule has 19 heteroatoms. The number of nitrogens with two attached hydrogens (primary N) is 5. The summed E-state index contributed by atoms with van der Waals surface area (Å²) in [5, 5.41) is 78.1. The van der Waals surface area contributed by atoms with Gasteiger partial charge in [-0.25, -0.2) is 0 Å². The Hall–Kier alpha value is -1.54. The topological polar surface area (TPSA) is 339 Å². The summed E-state index contributed by atoms with van der Waals surface area (Å²) in [6, 6.07) is 5.61. The summed E-state index contributed by atoms with van der Waals surface area (Å²) in [4.78, 5) is 0. The zero-order valence-corrected chi connectivity index (χ0v) is 28.4. The predicted octanol–water partition coefficient (Wildman–Crippen LogP) is -6.63. The van der Waals surface area contributed by atoms with Crippen molar-refractivity contribution >= 4 is 0 Å². The number of benzene rings is 1. The highest BCUT2D eigenvalue weighted by molar-refractivity contribution is 5.15. The first kappa shape index (κ1) is 40.6. The van der Waals surface area contributed by atoms with Gasteiger partial charge in [0.1, 0.15) is 67.1 Å². The van der Waals surface area contributed by atoms with E-state index >= 15 is 0 Å². The first-order valence-electron chi connectivity index (χ1n) is 17.4. The third-order valence-electron chi connectivity index (χ3n) is 10.2. The molecular weight excluding hydrogens is 676 g/mol. The van der Waals surface area contributed by atoms with Crippen LogP contribution in [0.3, 0.4) is 0 Å². The summed E-state index contributed by atoms with van der Waals surface area (Å²) in [7, 11) is 0. The van der Waals surface area contributed by atoms with Crippen molar-refractivity contribution in [3.05, 3.63) is 35.9 Å². The Labute approximate surface area is 295 Å². The molecule has 3 heterocycles. The largest absolute Gasteiger partial charge is 0.394 e. The fraction of sp³-hybridized carbons (Fsp3) is 0.812. The molecule has 3 saturated heterocycles. The van der Waals surface area contributed by atoms with Crippen molar-refractivity contribution in [3.63, 3.8) is 0 Å². The van der Waals surface area contributed by atoms with Gasteiger partial charge in [0.25, 0.3) is 0 Å². The Balaban J connectivity index is 1.26. The van der Waals surface area contributed by atoms with E-state index in [1.54, 1.807) is 0 Å². The molecule has 4 fully saturated rings. The molecule has 20 atom stereocenters. The first-order valence-corrected chi connectivity index (χ1v) is 17.4. The van der Waals surface area contributed by atoms with Crippen LogP contribution in [0.15, 0.2) is 30.3 Å². The van der Waals surface area contributed by atoms with E-state index in [9.17, 15) is 35.7 Å². The molecule has 4 aliphatic rings. The minimum Gasteiger partial charge on any atom is -0.394 e. The second kappa shape index (κ2) is 17.7. The Kier molecular flexibility index (Phi) is 14.1. The van der Waals surface area contributed by atoms with Gasteiger partial charge in [-0.3, -0.25) is 0 Å². The molecule has 5 rings (SSSR count). The SMILES string of the molecule is CC(Cc1ccccc1)NC[C@H]1O[C@H](O[C@H]2[C@H](O[C@@H]3O[C@H](CO)[C@@H](O[C@H]4OC(CN)[C@@H](O)[C@H](O)[C@H]4N)[C@H]3O)[C@@H](O)[C@H](N)C[C@@H]2N)[C@H](N)[C@@H](O)[C@@H]1O. The molecule has 0 spiro atoms. The van der Waals surface area contributed by atoms with Gasteiger partial charge in [-0.05, 0) is 25.3 Å². The van der Waals surface area contributed by atoms with Gasteiger partial charge in [-0.2, -0.15) is 0 Å². The minimum atomic E-state index is -1.61. The molecule has 1 aliphatic carbocycles. The molecule has 0 aromatic heterocycles. The summed E-state index contributed by atoms with van der Waals surface area (Å²) in [6.07, 6.45) is -19.1. The van der Waals surface area contributed by atoms with Gasteiger partial charge >= 0.3 is 0 Å². The van der Waals surface area contributed by atoms with Gasteiger partial charge in [0, 0.05) is 31.2 Å². The van der Waals surface area contributed by atoms with Crippen LogP contribution in [0.2, 0.25) is 0 Å². The Bertz CT molecular complexity index is 1220. The number of rotatable bonds is 13. The molecule has 0 bridgehead atoms. The average Bonchev–Trinajstić information content (AvgIpc) is 3.41. The van der Waals surface area contributed by atoms with Crippen LogP contribution in [0.5, 0.6) is 0 Å². The number of aliphatic hydroxyl groups is 7. The monoisotopic (exact) mass is 732 g/mol. The van der Waals surface area contributed by atoms with E-state index in [4.69, 9.17) is 57.1 Å².